The summed E-state index contributed by atoms with van der Waals surface area (Å²) in [4.78, 5) is 1.23. The second-order valence-electron chi connectivity index (χ2n) is 4.42. The Morgan fingerprint density at radius 1 is 0.950 bits per heavy atom. The van der Waals surface area contributed by atoms with Gasteiger partial charge in [0.25, 0.3) is 0 Å². The first kappa shape index (κ1) is 14.7. The number of aryl methyl sites for hydroxylation is 1. The molecule has 20 heavy (non-hydrogen) atoms. The van der Waals surface area contributed by atoms with E-state index in [1.54, 1.807) is 38.7 Å². The predicted octanol–water partition coefficient (Wildman–Crippen LogP) is 3.13. The Labute approximate surface area is 123 Å². The fraction of sp³-hybridized carbons (Fsp3) is 0.333. The maximum absolute atomic E-state index is 6.35. The Bertz CT molecular complexity index is 595. The van der Waals surface area contributed by atoms with Gasteiger partial charge >= 0.3 is 0 Å². The molecule has 0 fully saturated rings. The highest BCUT2D eigenvalue weighted by molar-refractivity contribution is 7.10. The molecule has 0 bridgehead atoms. The lowest BCUT2D eigenvalue weighted by atomic mass is 10.00. The van der Waals surface area contributed by atoms with Gasteiger partial charge in [-0.2, -0.15) is 0 Å². The molecule has 2 N–H and O–H groups in total. The van der Waals surface area contributed by atoms with Crippen molar-refractivity contribution in [3.63, 3.8) is 0 Å². The van der Waals surface area contributed by atoms with Crippen molar-refractivity contribution in [2.75, 3.05) is 21.3 Å². The summed E-state index contributed by atoms with van der Waals surface area (Å²) < 4.78 is 16.0. The SMILES string of the molecule is COc1cc(OC)c(C(N)c2csc(C)c2)cc1OC. The van der Waals surface area contributed by atoms with E-state index in [4.69, 9.17) is 19.9 Å². The third-order valence-corrected chi connectivity index (χ3v) is 4.06. The van der Waals surface area contributed by atoms with E-state index in [2.05, 4.69) is 18.4 Å². The van der Waals surface area contributed by atoms with E-state index in [0.717, 1.165) is 11.1 Å². The van der Waals surface area contributed by atoms with Crippen LogP contribution in [0.1, 0.15) is 22.0 Å². The Morgan fingerprint density at radius 3 is 2.05 bits per heavy atom. The van der Waals surface area contributed by atoms with Crippen LogP contribution in [0.15, 0.2) is 23.6 Å². The topological polar surface area (TPSA) is 53.7 Å². The van der Waals surface area contributed by atoms with E-state index < -0.39 is 0 Å². The van der Waals surface area contributed by atoms with Gasteiger partial charge in [-0.25, -0.2) is 0 Å². The van der Waals surface area contributed by atoms with Crippen LogP contribution in [0, 0.1) is 6.92 Å². The van der Waals surface area contributed by atoms with Gasteiger partial charge in [-0.05, 0) is 30.0 Å². The van der Waals surface area contributed by atoms with E-state index >= 15 is 0 Å². The molecule has 0 aliphatic rings. The van der Waals surface area contributed by atoms with E-state index in [-0.39, 0.29) is 6.04 Å². The third-order valence-electron chi connectivity index (χ3n) is 3.18. The molecule has 4 nitrogen and oxygen atoms in total. The molecule has 0 saturated heterocycles. The predicted molar refractivity (Wildman–Crippen MR) is 81.2 cm³/mol. The minimum atomic E-state index is -0.255. The van der Waals surface area contributed by atoms with Gasteiger partial charge in [-0.3, -0.25) is 0 Å². The standard InChI is InChI=1S/C15H19NO3S/c1-9-5-10(8-20-9)15(16)11-6-13(18-3)14(19-4)7-12(11)17-2/h5-8,15H,16H2,1-4H3. The van der Waals surface area contributed by atoms with Gasteiger partial charge in [0.2, 0.25) is 0 Å². The molecule has 1 aromatic heterocycles. The van der Waals surface area contributed by atoms with Gasteiger partial charge in [0, 0.05) is 16.5 Å². The molecular weight excluding hydrogens is 274 g/mol. The monoisotopic (exact) mass is 293 g/mol. The second kappa shape index (κ2) is 6.15. The Balaban J connectivity index is 2.49. The molecule has 1 unspecified atom stereocenters. The lowest BCUT2D eigenvalue weighted by Crippen LogP contribution is -2.12. The van der Waals surface area contributed by atoms with Crippen LogP contribution in [0.4, 0.5) is 0 Å². The number of benzene rings is 1. The molecule has 1 aromatic carbocycles. The maximum Gasteiger partial charge on any atom is 0.164 e. The second-order valence-corrected chi connectivity index (χ2v) is 5.53. The zero-order valence-electron chi connectivity index (χ0n) is 12.1. The number of nitrogens with two attached hydrogens (primary N) is 1. The quantitative estimate of drug-likeness (QED) is 0.920. The first-order valence-electron chi connectivity index (χ1n) is 6.21. The smallest absolute Gasteiger partial charge is 0.164 e. The summed E-state index contributed by atoms with van der Waals surface area (Å²) in [5.41, 5.74) is 8.30. The van der Waals surface area contributed by atoms with E-state index in [9.17, 15) is 0 Å². The molecule has 5 heteroatoms. The van der Waals surface area contributed by atoms with E-state index in [0.29, 0.717) is 17.2 Å². The van der Waals surface area contributed by atoms with Gasteiger partial charge in [0.15, 0.2) is 11.5 Å². The molecule has 0 amide bonds. The fourth-order valence-electron chi connectivity index (χ4n) is 2.10. The summed E-state index contributed by atoms with van der Waals surface area (Å²) in [6.07, 6.45) is 0. The number of methoxy groups -OCH3 is 3. The van der Waals surface area contributed by atoms with Gasteiger partial charge in [-0.15, -0.1) is 11.3 Å². The highest BCUT2D eigenvalue weighted by atomic mass is 32.1. The number of rotatable bonds is 5. The van der Waals surface area contributed by atoms with Crippen molar-refractivity contribution in [1.82, 2.24) is 0 Å². The van der Waals surface area contributed by atoms with Crippen LogP contribution in [-0.4, -0.2) is 21.3 Å². The third kappa shape index (κ3) is 2.73. The lowest BCUT2D eigenvalue weighted by molar-refractivity contribution is 0.347. The zero-order chi connectivity index (χ0) is 14.7. The number of thiophene rings is 1. The van der Waals surface area contributed by atoms with Crippen LogP contribution >= 0.6 is 11.3 Å². The largest absolute Gasteiger partial charge is 0.496 e. The number of hydrogen-bond donors (Lipinski definition) is 1. The van der Waals surface area contributed by atoms with Crippen LogP contribution in [0.25, 0.3) is 0 Å². The highest BCUT2D eigenvalue weighted by Crippen LogP contribution is 2.39. The molecule has 0 aliphatic heterocycles. The average Bonchev–Trinajstić information content (AvgIpc) is 2.91. The van der Waals surface area contributed by atoms with Gasteiger partial charge in [-0.1, -0.05) is 0 Å². The Morgan fingerprint density at radius 2 is 1.55 bits per heavy atom. The minimum Gasteiger partial charge on any atom is -0.496 e. The molecule has 1 heterocycles. The van der Waals surface area contributed by atoms with Crippen LogP contribution < -0.4 is 19.9 Å². The fourth-order valence-corrected chi connectivity index (χ4v) is 2.84. The molecular formula is C15H19NO3S. The van der Waals surface area contributed by atoms with Crippen LogP contribution in [-0.2, 0) is 0 Å². The van der Waals surface area contributed by atoms with Crippen molar-refractivity contribution >= 4 is 11.3 Å². The van der Waals surface area contributed by atoms with Crippen molar-refractivity contribution < 1.29 is 14.2 Å². The Hall–Kier alpha value is -1.72. The maximum atomic E-state index is 6.35. The summed E-state index contributed by atoms with van der Waals surface area (Å²) in [6, 6.07) is 5.50. The molecule has 2 aromatic rings. The van der Waals surface area contributed by atoms with E-state index in [1.165, 1.54) is 4.88 Å². The summed E-state index contributed by atoms with van der Waals surface area (Å²) >= 11 is 1.68. The minimum absolute atomic E-state index is 0.255. The molecule has 108 valence electrons. The summed E-state index contributed by atoms with van der Waals surface area (Å²) in [6.45, 7) is 2.06. The summed E-state index contributed by atoms with van der Waals surface area (Å²) in [7, 11) is 4.82. The van der Waals surface area contributed by atoms with Crippen LogP contribution in [0.5, 0.6) is 17.2 Å². The van der Waals surface area contributed by atoms with Crippen molar-refractivity contribution in [3.8, 4) is 17.2 Å². The Kier molecular flexibility index (Phi) is 4.52. The normalized spacial score (nSPS) is 12.1. The molecule has 0 spiro atoms. The lowest BCUT2D eigenvalue weighted by Gasteiger charge is -2.18. The van der Waals surface area contributed by atoms with E-state index in [1.807, 2.05) is 6.07 Å². The molecule has 1 atom stereocenters. The molecule has 0 aliphatic carbocycles. The first-order chi connectivity index (χ1) is 9.60. The van der Waals surface area contributed by atoms with Crippen LogP contribution in [0.3, 0.4) is 0 Å². The van der Waals surface area contributed by atoms with Gasteiger partial charge in [0.1, 0.15) is 5.75 Å². The average molecular weight is 293 g/mol. The van der Waals surface area contributed by atoms with Crippen molar-refractivity contribution in [2.45, 2.75) is 13.0 Å². The number of ether oxygens (including phenoxy) is 3. The summed E-state index contributed by atoms with van der Waals surface area (Å²) in [5.74, 6) is 1.96. The van der Waals surface area contributed by atoms with Crippen molar-refractivity contribution in [2.24, 2.45) is 5.73 Å². The molecule has 2 rings (SSSR count). The summed E-state index contributed by atoms with van der Waals surface area (Å²) in [5, 5.41) is 2.07. The first-order valence-corrected chi connectivity index (χ1v) is 7.09. The molecule has 0 saturated carbocycles. The molecule has 0 radical (unpaired) electrons. The zero-order valence-corrected chi connectivity index (χ0v) is 12.9. The van der Waals surface area contributed by atoms with Crippen LogP contribution in [0.2, 0.25) is 0 Å². The van der Waals surface area contributed by atoms with Crippen molar-refractivity contribution in [1.29, 1.82) is 0 Å². The van der Waals surface area contributed by atoms with Gasteiger partial charge < -0.3 is 19.9 Å². The highest BCUT2D eigenvalue weighted by Gasteiger charge is 2.19. The van der Waals surface area contributed by atoms with Gasteiger partial charge in [0.05, 0.1) is 27.4 Å². The van der Waals surface area contributed by atoms with Crippen molar-refractivity contribution in [3.05, 3.63) is 39.6 Å². The number of hydrogen-bond acceptors (Lipinski definition) is 5.